The molecular weight excluding hydrogens is 362 g/mol. The van der Waals surface area contributed by atoms with Crippen LogP contribution in [0.15, 0.2) is 116 Å². The normalized spacial score (nSPS) is 22.7. The Morgan fingerprint density at radius 1 is 0.480 bits per heavy atom. The Balaban J connectivity index is 0.00000168. The molecule has 8 bridgehead atoms. The minimum absolute atomic E-state index is 0. The number of fused-ring (bicyclic) bond motifs is 4. The number of rotatable bonds is 0. The summed E-state index contributed by atoms with van der Waals surface area (Å²) in [5.74, 6) is 0. The molecule has 0 saturated carbocycles. The van der Waals surface area contributed by atoms with Gasteiger partial charge in [0.1, 0.15) is 0 Å². The van der Waals surface area contributed by atoms with Gasteiger partial charge >= 0.3 is 0 Å². The van der Waals surface area contributed by atoms with E-state index in [0.717, 1.165) is 39.9 Å². The molecule has 0 N–H and O–H groups in total. The van der Waals surface area contributed by atoms with Gasteiger partial charge in [-0.1, -0.05) is 0 Å². The van der Waals surface area contributed by atoms with Crippen LogP contribution in [0.2, 0.25) is 0 Å². The zero-order valence-electron chi connectivity index (χ0n) is 14.3. The summed E-state index contributed by atoms with van der Waals surface area (Å²) < 4.78 is 8.11. The Morgan fingerprint density at radius 2 is 0.840 bits per heavy atom. The molecule has 0 amide bonds. The van der Waals surface area contributed by atoms with Gasteiger partial charge in [0.2, 0.25) is 0 Å². The van der Waals surface area contributed by atoms with Crippen LogP contribution < -0.4 is 0 Å². The third kappa shape index (κ3) is 3.24. The molecule has 0 atom stereocenters. The Labute approximate surface area is 159 Å². The summed E-state index contributed by atoms with van der Waals surface area (Å²) in [7, 11) is 0. The largest absolute Gasteiger partial charge is 0.249 e. The first-order chi connectivity index (χ1) is 12.2. The van der Waals surface area contributed by atoms with E-state index in [1.165, 1.54) is 0 Å². The predicted molar refractivity (Wildman–Crippen MR) is 98.6 cm³/mol. The van der Waals surface area contributed by atoms with E-state index in [1.54, 1.807) is 6.08 Å². The van der Waals surface area contributed by atoms with Crippen molar-refractivity contribution in [3.63, 3.8) is 0 Å². The zero-order valence-corrected chi connectivity index (χ0v) is 16.3. The molecule has 114 valence electrons. The van der Waals surface area contributed by atoms with Crippen molar-refractivity contribution >= 4 is 22.8 Å². The average molecular weight is 375 g/mol. The van der Waals surface area contributed by atoms with Gasteiger partial charge in [-0.25, -0.2) is 20.0 Å². The van der Waals surface area contributed by atoms with E-state index in [1.807, 2.05) is 60.8 Å². The summed E-state index contributed by atoms with van der Waals surface area (Å²) in [6.45, 7) is 0. The Hall–Kier alpha value is -2.78. The second-order valence-electron chi connectivity index (χ2n) is 5.67. The van der Waals surface area contributed by atoms with Crippen molar-refractivity contribution in [3.8, 4) is 0 Å². The minimum atomic E-state index is 0. The van der Waals surface area contributed by atoms with E-state index in [-0.39, 0.29) is 19.5 Å². The van der Waals surface area contributed by atoms with E-state index in [4.69, 9.17) is 1.37 Å². The van der Waals surface area contributed by atoms with Crippen LogP contribution in [0.4, 0.5) is 0 Å². The molecule has 4 nitrogen and oxygen atoms in total. The van der Waals surface area contributed by atoms with Crippen molar-refractivity contribution in [1.29, 1.82) is 0 Å². The Kier molecular flexibility index (Phi) is 3.65. The monoisotopic (exact) mass is 373 g/mol. The Bertz CT molecular complexity index is 1080. The molecule has 0 aromatic rings. The predicted octanol–water partition coefficient (Wildman–Crippen LogP) is 3.58. The topological polar surface area (TPSA) is 49.4 Å². The van der Waals surface area contributed by atoms with E-state index < -0.39 is 0 Å². The second kappa shape index (κ2) is 6.26. The van der Waals surface area contributed by atoms with Crippen LogP contribution in [0, 0.1) is 0 Å². The summed E-state index contributed by atoms with van der Waals surface area (Å²) in [4.78, 5) is 18.2. The maximum atomic E-state index is 8.11. The molecule has 5 aliphatic rings. The number of nitrogens with zero attached hydrogens (tertiary/aromatic N) is 4. The van der Waals surface area contributed by atoms with Crippen LogP contribution in [-0.4, -0.2) is 22.8 Å². The van der Waals surface area contributed by atoms with Gasteiger partial charge in [0.25, 0.3) is 0 Å². The van der Waals surface area contributed by atoms with Gasteiger partial charge < -0.3 is 0 Å². The summed E-state index contributed by atoms with van der Waals surface area (Å²) in [5.41, 5.74) is 6.33. The number of hydrogen-bond acceptors (Lipinski definition) is 4. The summed E-state index contributed by atoms with van der Waals surface area (Å²) >= 11 is 0. The quantitative estimate of drug-likeness (QED) is 0.582. The van der Waals surface area contributed by atoms with Crippen molar-refractivity contribution < 1.29 is 20.8 Å². The fourth-order valence-corrected chi connectivity index (χ4v) is 2.76. The van der Waals surface area contributed by atoms with Crippen molar-refractivity contribution in [1.82, 2.24) is 0 Å². The van der Waals surface area contributed by atoms with E-state index in [0.29, 0.717) is 11.8 Å². The summed E-state index contributed by atoms with van der Waals surface area (Å²) in [6, 6.07) is 0.379. The van der Waals surface area contributed by atoms with Crippen LogP contribution >= 0.6 is 0 Å². The van der Waals surface area contributed by atoms with E-state index in [2.05, 4.69) is 20.0 Å². The molecule has 5 aliphatic heterocycles. The summed E-state index contributed by atoms with van der Waals surface area (Å²) in [6.07, 6.45) is 21.0. The first kappa shape index (κ1) is 14.6. The molecule has 25 heavy (non-hydrogen) atoms. The van der Waals surface area contributed by atoms with Crippen LogP contribution in [-0.2, 0) is 19.5 Å². The molecule has 0 radical (unpaired) electrons. The summed E-state index contributed by atoms with van der Waals surface area (Å²) in [5, 5.41) is 0. The maximum Gasteiger partial charge on any atom is 0.0659 e. The smallest absolute Gasteiger partial charge is 0.0659 e. The van der Waals surface area contributed by atoms with Gasteiger partial charge in [-0.3, -0.25) is 0 Å². The average Bonchev–Trinajstić information content (AvgIpc) is 3.33. The fraction of sp³-hybridized carbons (Fsp3) is 0. The zero-order chi connectivity index (χ0) is 16.8. The van der Waals surface area contributed by atoms with Gasteiger partial charge in [-0.15, -0.1) is 0 Å². The standard InChI is InChI=1S/C20H12N4.Zn/c1-2-14-10-16-5-6-18(23-16)12-20-8-7-19(24-20)11-17-4-3-15(22-17)9-13(1)21-14;/h1-12H;/i1D;. The molecule has 5 heteroatoms. The van der Waals surface area contributed by atoms with Crippen LogP contribution in [0.25, 0.3) is 0 Å². The molecular formula is C20H12N4Zn. The molecule has 0 fully saturated rings. The van der Waals surface area contributed by atoms with E-state index >= 15 is 0 Å². The molecule has 5 heterocycles. The van der Waals surface area contributed by atoms with Gasteiger partial charge in [0, 0.05) is 19.5 Å². The third-order valence-corrected chi connectivity index (χ3v) is 3.84. The molecule has 0 saturated heterocycles. The molecule has 0 aromatic carbocycles. The van der Waals surface area contributed by atoms with Crippen LogP contribution in [0.5, 0.6) is 0 Å². The van der Waals surface area contributed by atoms with Crippen molar-refractivity contribution in [2.45, 2.75) is 0 Å². The van der Waals surface area contributed by atoms with Crippen molar-refractivity contribution in [3.05, 3.63) is 95.7 Å². The van der Waals surface area contributed by atoms with Gasteiger partial charge in [-0.05, 0) is 72.9 Å². The molecule has 0 aliphatic carbocycles. The first-order valence-electron chi connectivity index (χ1n) is 8.16. The van der Waals surface area contributed by atoms with Crippen molar-refractivity contribution in [2.75, 3.05) is 0 Å². The van der Waals surface area contributed by atoms with Crippen LogP contribution in [0.1, 0.15) is 1.37 Å². The van der Waals surface area contributed by atoms with Crippen molar-refractivity contribution in [2.24, 2.45) is 20.0 Å². The minimum Gasteiger partial charge on any atom is -0.249 e. The van der Waals surface area contributed by atoms with Gasteiger partial charge in [-0.2, -0.15) is 0 Å². The van der Waals surface area contributed by atoms with Gasteiger partial charge in [0.05, 0.1) is 47.0 Å². The van der Waals surface area contributed by atoms with E-state index in [9.17, 15) is 0 Å². The second-order valence-corrected chi connectivity index (χ2v) is 5.67. The number of allylic oxidation sites excluding steroid dienone is 12. The Morgan fingerprint density at radius 3 is 1.32 bits per heavy atom. The first-order valence-corrected chi connectivity index (χ1v) is 7.66. The SMILES string of the molecule is [2H]C1=CC2=CC3=NC(=CC4=NC(=CC5=NC(=CC1=N2)C=C5)C=C4)C=C3.[Zn]. The number of hydrogen-bond donors (Lipinski definition) is 0. The third-order valence-electron chi connectivity index (χ3n) is 3.84. The molecule has 5 rings (SSSR count). The molecule has 0 spiro atoms. The molecule has 0 unspecified atom stereocenters. The maximum absolute atomic E-state index is 8.11. The fourth-order valence-electron chi connectivity index (χ4n) is 2.76. The van der Waals surface area contributed by atoms with Gasteiger partial charge in [0.15, 0.2) is 0 Å². The molecule has 0 aromatic heterocycles. The number of aliphatic imine (C=N–C) groups is 4. The van der Waals surface area contributed by atoms with Crippen LogP contribution in [0.3, 0.4) is 0 Å².